The number of hydrogen-bond acceptors (Lipinski definition) is 1. The van der Waals surface area contributed by atoms with E-state index in [-0.39, 0.29) is 16.2 Å². The molecule has 0 aromatic carbocycles. The van der Waals surface area contributed by atoms with E-state index in [0.29, 0.717) is 6.04 Å². The molecule has 1 nitrogen and oxygen atoms in total. The molecule has 100 valence electrons. The van der Waals surface area contributed by atoms with E-state index in [9.17, 15) is 0 Å². The summed E-state index contributed by atoms with van der Waals surface area (Å²) in [6.45, 7) is 22.1. The molecule has 0 saturated carbocycles. The lowest BCUT2D eigenvalue weighted by Gasteiger charge is -2.37. The number of nitrogens with one attached hydrogen (secondary N) is 1. The van der Waals surface area contributed by atoms with Crippen LogP contribution in [0.1, 0.15) is 62.3 Å². The van der Waals surface area contributed by atoms with Crippen LogP contribution >= 0.6 is 0 Å². The molecule has 0 fully saturated rings. The monoisotopic (exact) mass is 237 g/mol. The fourth-order valence-electron chi connectivity index (χ4n) is 2.87. The Morgan fingerprint density at radius 2 is 1.29 bits per heavy atom. The Bertz CT molecular complexity index is 315. The first-order valence-electron chi connectivity index (χ1n) is 6.82. The zero-order chi connectivity index (χ0) is 13.6. The van der Waals surface area contributed by atoms with Crippen LogP contribution in [0.4, 0.5) is 0 Å². The zero-order valence-electron chi connectivity index (χ0n) is 13.3. The predicted molar refractivity (Wildman–Crippen MR) is 77.2 cm³/mol. The SMILES string of the molecule is CC(C)(C)C1=C(C(C)(C)C)C(C(C)(C)C)NC1. The summed E-state index contributed by atoms with van der Waals surface area (Å²) < 4.78 is 0. The smallest absolute Gasteiger partial charge is 0.0339 e. The Kier molecular flexibility index (Phi) is 3.58. The molecule has 1 aliphatic rings. The maximum Gasteiger partial charge on any atom is 0.0339 e. The minimum absolute atomic E-state index is 0.254. The highest BCUT2D eigenvalue weighted by atomic mass is 15.0. The molecule has 1 rings (SSSR count). The van der Waals surface area contributed by atoms with Crippen molar-refractivity contribution in [2.45, 2.75) is 68.4 Å². The zero-order valence-corrected chi connectivity index (χ0v) is 13.3. The number of rotatable bonds is 0. The Labute approximate surface area is 108 Å². The Morgan fingerprint density at radius 3 is 1.59 bits per heavy atom. The molecule has 1 N–H and O–H groups in total. The summed E-state index contributed by atoms with van der Waals surface area (Å²) in [5.41, 5.74) is 4.07. The van der Waals surface area contributed by atoms with Crippen LogP contribution in [0.15, 0.2) is 11.1 Å². The minimum atomic E-state index is 0.254. The van der Waals surface area contributed by atoms with Crippen molar-refractivity contribution in [3.8, 4) is 0 Å². The quantitative estimate of drug-likeness (QED) is 0.616. The van der Waals surface area contributed by atoms with Crippen molar-refractivity contribution in [2.24, 2.45) is 16.2 Å². The van der Waals surface area contributed by atoms with E-state index in [1.807, 2.05) is 0 Å². The van der Waals surface area contributed by atoms with Gasteiger partial charge in [0.1, 0.15) is 0 Å². The van der Waals surface area contributed by atoms with Gasteiger partial charge in [-0.2, -0.15) is 0 Å². The molecule has 17 heavy (non-hydrogen) atoms. The molecule has 1 unspecified atom stereocenters. The summed E-state index contributed by atoms with van der Waals surface area (Å²) in [5, 5.41) is 3.74. The van der Waals surface area contributed by atoms with Crippen LogP contribution in [-0.4, -0.2) is 12.6 Å². The van der Waals surface area contributed by atoms with Gasteiger partial charge in [-0.05, 0) is 27.4 Å². The average Bonchev–Trinajstić information content (AvgIpc) is 2.42. The van der Waals surface area contributed by atoms with Gasteiger partial charge in [0.15, 0.2) is 0 Å². The molecule has 0 aromatic heterocycles. The van der Waals surface area contributed by atoms with Crippen molar-refractivity contribution in [3.63, 3.8) is 0 Å². The first kappa shape index (κ1) is 14.8. The fourth-order valence-corrected chi connectivity index (χ4v) is 2.87. The van der Waals surface area contributed by atoms with Crippen LogP contribution in [-0.2, 0) is 0 Å². The second kappa shape index (κ2) is 4.12. The van der Waals surface area contributed by atoms with Crippen molar-refractivity contribution in [2.75, 3.05) is 6.54 Å². The standard InChI is InChI=1S/C16H31N/c1-14(2,3)11-10-17-13(16(7,8)9)12(11)15(4,5)6/h13,17H,10H2,1-9H3. The molecule has 1 heterocycles. The van der Waals surface area contributed by atoms with E-state index in [2.05, 4.69) is 67.6 Å². The van der Waals surface area contributed by atoms with Crippen LogP contribution < -0.4 is 5.32 Å². The molecule has 0 aliphatic carbocycles. The summed E-state index contributed by atoms with van der Waals surface area (Å²) >= 11 is 0. The average molecular weight is 237 g/mol. The van der Waals surface area contributed by atoms with Crippen molar-refractivity contribution in [3.05, 3.63) is 11.1 Å². The number of hydrogen-bond donors (Lipinski definition) is 1. The molecule has 1 aliphatic heterocycles. The van der Waals surface area contributed by atoms with Gasteiger partial charge in [-0.15, -0.1) is 0 Å². The molecule has 0 spiro atoms. The summed E-state index contributed by atoms with van der Waals surface area (Å²) in [6, 6.07) is 0.511. The molecule has 0 saturated heterocycles. The van der Waals surface area contributed by atoms with E-state index in [1.165, 1.54) is 0 Å². The highest BCUT2D eigenvalue weighted by molar-refractivity contribution is 5.36. The fraction of sp³-hybridized carbons (Fsp3) is 0.875. The molecule has 0 radical (unpaired) electrons. The largest absolute Gasteiger partial charge is 0.306 e. The lowest BCUT2D eigenvalue weighted by atomic mass is 9.69. The van der Waals surface area contributed by atoms with Crippen LogP contribution in [0.2, 0.25) is 0 Å². The topological polar surface area (TPSA) is 12.0 Å². The summed E-state index contributed by atoms with van der Waals surface area (Å²) in [4.78, 5) is 0. The normalized spacial score (nSPS) is 23.5. The Morgan fingerprint density at radius 1 is 0.824 bits per heavy atom. The van der Waals surface area contributed by atoms with Gasteiger partial charge in [-0.1, -0.05) is 62.3 Å². The van der Waals surface area contributed by atoms with Gasteiger partial charge in [-0.25, -0.2) is 0 Å². The third-order valence-electron chi connectivity index (χ3n) is 3.68. The van der Waals surface area contributed by atoms with Gasteiger partial charge in [0.2, 0.25) is 0 Å². The van der Waals surface area contributed by atoms with E-state index in [1.54, 1.807) is 11.1 Å². The van der Waals surface area contributed by atoms with Crippen LogP contribution in [0.25, 0.3) is 0 Å². The van der Waals surface area contributed by atoms with Gasteiger partial charge in [-0.3, -0.25) is 0 Å². The van der Waals surface area contributed by atoms with Crippen molar-refractivity contribution >= 4 is 0 Å². The van der Waals surface area contributed by atoms with Gasteiger partial charge in [0.05, 0.1) is 0 Å². The Balaban J connectivity index is 3.31. The highest BCUT2D eigenvalue weighted by Gasteiger charge is 2.41. The maximum atomic E-state index is 3.74. The van der Waals surface area contributed by atoms with Gasteiger partial charge >= 0.3 is 0 Å². The van der Waals surface area contributed by atoms with Crippen molar-refractivity contribution in [1.82, 2.24) is 5.32 Å². The second-order valence-electron chi connectivity index (χ2n) is 8.57. The van der Waals surface area contributed by atoms with E-state index < -0.39 is 0 Å². The van der Waals surface area contributed by atoms with E-state index in [0.717, 1.165) is 6.54 Å². The molecular formula is C16H31N. The molecular weight excluding hydrogens is 206 g/mol. The molecule has 1 atom stereocenters. The summed E-state index contributed by atoms with van der Waals surface area (Å²) in [6.07, 6.45) is 0. The van der Waals surface area contributed by atoms with Crippen LogP contribution in [0.3, 0.4) is 0 Å². The first-order chi connectivity index (χ1) is 7.35. The Hall–Kier alpha value is -0.300. The summed E-state index contributed by atoms with van der Waals surface area (Å²) in [5.74, 6) is 0. The van der Waals surface area contributed by atoms with E-state index in [4.69, 9.17) is 0 Å². The summed E-state index contributed by atoms with van der Waals surface area (Å²) in [7, 11) is 0. The maximum absolute atomic E-state index is 3.74. The second-order valence-corrected chi connectivity index (χ2v) is 8.57. The molecule has 0 amide bonds. The lowest BCUT2D eigenvalue weighted by molar-refractivity contribution is 0.286. The third kappa shape index (κ3) is 3.13. The lowest BCUT2D eigenvalue weighted by Crippen LogP contribution is -2.40. The van der Waals surface area contributed by atoms with Crippen molar-refractivity contribution in [1.29, 1.82) is 0 Å². The first-order valence-corrected chi connectivity index (χ1v) is 6.82. The van der Waals surface area contributed by atoms with Gasteiger partial charge in [0, 0.05) is 12.6 Å². The van der Waals surface area contributed by atoms with Crippen molar-refractivity contribution < 1.29 is 0 Å². The molecule has 1 heteroatoms. The van der Waals surface area contributed by atoms with Gasteiger partial charge < -0.3 is 5.32 Å². The molecule has 0 aromatic rings. The highest BCUT2D eigenvalue weighted by Crippen LogP contribution is 2.45. The van der Waals surface area contributed by atoms with E-state index >= 15 is 0 Å². The van der Waals surface area contributed by atoms with Crippen LogP contribution in [0, 0.1) is 16.2 Å². The predicted octanol–water partition coefficient (Wildman–Crippen LogP) is 4.39. The third-order valence-corrected chi connectivity index (χ3v) is 3.68. The van der Waals surface area contributed by atoms with Gasteiger partial charge in [0.25, 0.3) is 0 Å². The molecule has 0 bridgehead atoms. The van der Waals surface area contributed by atoms with Crippen LogP contribution in [0.5, 0.6) is 0 Å². The minimum Gasteiger partial charge on any atom is -0.306 e.